The first-order valence-corrected chi connectivity index (χ1v) is 11.7. The Kier molecular flexibility index (Phi) is 5.83. The summed E-state index contributed by atoms with van der Waals surface area (Å²) in [5, 5.41) is 9.54. The van der Waals surface area contributed by atoms with Crippen LogP contribution in [0.2, 0.25) is 0 Å². The quantitative estimate of drug-likeness (QED) is 0.250. The van der Waals surface area contributed by atoms with Gasteiger partial charge in [0.25, 0.3) is 5.56 Å². The van der Waals surface area contributed by atoms with Gasteiger partial charge in [-0.2, -0.15) is 0 Å². The van der Waals surface area contributed by atoms with Crippen LogP contribution in [0.3, 0.4) is 0 Å². The maximum absolute atomic E-state index is 13.6. The van der Waals surface area contributed by atoms with Crippen molar-refractivity contribution in [2.24, 2.45) is 0 Å². The second kappa shape index (κ2) is 8.41. The Morgan fingerprint density at radius 3 is 2.48 bits per heavy atom. The molecule has 0 saturated carbocycles. The Morgan fingerprint density at radius 2 is 1.81 bits per heavy atom. The molecule has 4 rings (SSSR count). The largest absolute Gasteiger partial charge is 0.481 e. The van der Waals surface area contributed by atoms with E-state index in [-0.39, 0.29) is 11.3 Å². The van der Waals surface area contributed by atoms with Gasteiger partial charge in [0.2, 0.25) is 0 Å². The first kappa shape index (κ1) is 21.5. The van der Waals surface area contributed by atoms with E-state index >= 15 is 0 Å². The number of carbonyl (C=O) groups is 1. The highest BCUT2D eigenvalue weighted by Gasteiger charge is 2.21. The molecule has 0 fully saturated rings. The zero-order valence-electron chi connectivity index (χ0n) is 17.1. The highest BCUT2D eigenvalue weighted by Crippen LogP contribution is 2.29. The number of rotatable bonds is 5. The molecule has 0 bridgehead atoms. The number of fused-ring (bicyclic) bond motifs is 1. The molecule has 6 nitrogen and oxygen atoms in total. The number of hydrogen-bond acceptors (Lipinski definition) is 6. The van der Waals surface area contributed by atoms with E-state index in [2.05, 4.69) is 6.07 Å². The van der Waals surface area contributed by atoms with Crippen LogP contribution in [0, 0.1) is 24.7 Å². The van der Waals surface area contributed by atoms with Crippen molar-refractivity contribution in [2.75, 3.05) is 5.75 Å². The van der Waals surface area contributed by atoms with Crippen LogP contribution in [0.25, 0.3) is 21.7 Å². The molecule has 158 valence electrons. The van der Waals surface area contributed by atoms with Gasteiger partial charge in [0.1, 0.15) is 4.70 Å². The van der Waals surface area contributed by atoms with E-state index in [1.807, 2.05) is 57.2 Å². The average Bonchev–Trinajstić information content (AvgIpc) is 3.04. The number of benzene rings is 2. The van der Waals surface area contributed by atoms with Crippen LogP contribution in [0.4, 0.5) is 0 Å². The van der Waals surface area contributed by atoms with Gasteiger partial charge >= 0.3 is 5.97 Å². The monoisotopic (exact) mass is 469 g/mol. The molecule has 0 amide bonds. The lowest BCUT2D eigenvalue weighted by Crippen LogP contribution is -2.22. The van der Waals surface area contributed by atoms with Gasteiger partial charge in [-0.05, 0) is 56.2 Å². The van der Waals surface area contributed by atoms with Gasteiger partial charge < -0.3 is 5.11 Å². The minimum atomic E-state index is -0.979. The highest BCUT2D eigenvalue weighted by atomic mass is 32.2. The summed E-state index contributed by atoms with van der Waals surface area (Å²) in [6.07, 6.45) is 0. The molecule has 4 aromatic rings. The van der Waals surface area contributed by atoms with Crippen LogP contribution in [0.1, 0.15) is 16.7 Å². The maximum Gasteiger partial charge on any atom is 0.313 e. The van der Waals surface area contributed by atoms with Crippen LogP contribution >= 0.6 is 35.3 Å². The topological polar surface area (TPSA) is 77.1 Å². The van der Waals surface area contributed by atoms with Gasteiger partial charge in [-0.15, -0.1) is 0 Å². The third kappa shape index (κ3) is 3.96. The van der Waals surface area contributed by atoms with Crippen LogP contribution in [-0.2, 0) is 4.79 Å². The third-order valence-corrected chi connectivity index (χ3v) is 7.13. The Balaban J connectivity index is 2.07. The summed E-state index contributed by atoms with van der Waals surface area (Å²) in [6, 6.07) is 13.5. The molecule has 31 heavy (non-hydrogen) atoms. The van der Waals surface area contributed by atoms with E-state index < -0.39 is 5.97 Å². The number of aryl methyl sites for hydroxylation is 3. The molecule has 0 aliphatic heterocycles. The van der Waals surface area contributed by atoms with Gasteiger partial charge in [0.05, 0.1) is 17.1 Å². The Labute approximate surface area is 191 Å². The van der Waals surface area contributed by atoms with E-state index in [4.69, 9.17) is 17.2 Å². The fourth-order valence-corrected chi connectivity index (χ4v) is 5.46. The minimum absolute atomic E-state index is 0.210. The first-order valence-electron chi connectivity index (χ1n) is 9.44. The Hall–Kier alpha value is -2.75. The maximum atomic E-state index is 13.6. The zero-order valence-corrected chi connectivity index (χ0v) is 19.5. The van der Waals surface area contributed by atoms with E-state index in [1.165, 1.54) is 15.9 Å². The summed E-state index contributed by atoms with van der Waals surface area (Å²) in [7, 11) is 0. The smallest absolute Gasteiger partial charge is 0.313 e. The SMILES string of the molecule is Cc1ccc(-n2c(=S)sc3c(=O)n(-c4ccccc4C)c(SCC(=O)O)nc32)c(C)c1. The lowest BCUT2D eigenvalue weighted by molar-refractivity contribution is -0.133. The molecule has 0 unspecified atom stereocenters. The number of carboxylic acid groups (broad SMARTS) is 1. The molecule has 0 spiro atoms. The van der Waals surface area contributed by atoms with Crippen molar-refractivity contribution in [1.29, 1.82) is 0 Å². The fourth-order valence-electron chi connectivity index (χ4n) is 3.45. The average molecular weight is 470 g/mol. The van der Waals surface area contributed by atoms with Gasteiger partial charge in [-0.25, -0.2) is 4.98 Å². The van der Waals surface area contributed by atoms with Crippen LogP contribution in [-0.4, -0.2) is 30.9 Å². The van der Waals surface area contributed by atoms with Gasteiger partial charge in [-0.1, -0.05) is 59.0 Å². The fraction of sp³-hybridized carbons (Fsp3) is 0.182. The number of para-hydroxylation sites is 1. The summed E-state index contributed by atoms with van der Waals surface area (Å²) in [5.41, 5.74) is 4.75. The molecule has 2 aromatic carbocycles. The van der Waals surface area contributed by atoms with E-state index in [1.54, 1.807) is 4.57 Å². The standard InChI is InChI=1S/C22H19N3O3S3/c1-12-8-9-16(14(3)10-12)24-19-18(31-22(24)29)20(28)25(15-7-5-4-6-13(15)2)21(23-19)30-11-17(26)27/h4-10H,11H2,1-3H3,(H,26,27). The molecule has 2 aromatic heterocycles. The second-order valence-electron chi connectivity index (χ2n) is 7.15. The number of aromatic nitrogens is 3. The Bertz CT molecular complexity index is 1450. The van der Waals surface area contributed by atoms with Gasteiger partial charge in [0, 0.05) is 0 Å². The van der Waals surface area contributed by atoms with Crippen LogP contribution in [0.15, 0.2) is 52.4 Å². The predicted molar refractivity (Wildman–Crippen MR) is 128 cm³/mol. The van der Waals surface area contributed by atoms with Crippen molar-refractivity contribution in [3.8, 4) is 11.4 Å². The minimum Gasteiger partial charge on any atom is -0.481 e. The van der Waals surface area contributed by atoms with Crippen LogP contribution in [0.5, 0.6) is 0 Å². The summed E-state index contributed by atoms with van der Waals surface area (Å²) in [4.78, 5) is 29.6. The number of hydrogen-bond donors (Lipinski definition) is 1. The van der Waals surface area contributed by atoms with E-state index in [0.717, 1.165) is 34.1 Å². The predicted octanol–water partition coefficient (Wildman–Crippen LogP) is 5.07. The molecular formula is C22H19N3O3S3. The number of thioether (sulfide) groups is 1. The van der Waals surface area contributed by atoms with Gasteiger partial charge in [0.15, 0.2) is 14.8 Å². The van der Waals surface area contributed by atoms with Crippen molar-refractivity contribution < 1.29 is 9.90 Å². The second-order valence-corrected chi connectivity index (χ2v) is 9.74. The first-order chi connectivity index (χ1) is 14.8. The Morgan fingerprint density at radius 1 is 1.10 bits per heavy atom. The van der Waals surface area contributed by atoms with Crippen molar-refractivity contribution in [2.45, 2.75) is 25.9 Å². The molecule has 0 aliphatic rings. The molecule has 9 heteroatoms. The van der Waals surface area contributed by atoms with E-state index in [9.17, 15) is 14.7 Å². The van der Waals surface area contributed by atoms with Crippen molar-refractivity contribution in [3.05, 3.63) is 73.5 Å². The van der Waals surface area contributed by atoms with Crippen LogP contribution < -0.4 is 5.56 Å². The van der Waals surface area contributed by atoms with E-state index in [0.29, 0.717) is 25.1 Å². The van der Waals surface area contributed by atoms with Crippen molar-refractivity contribution in [1.82, 2.24) is 14.1 Å². The summed E-state index contributed by atoms with van der Waals surface area (Å²) < 4.78 is 4.25. The number of thiazole rings is 1. The normalized spacial score (nSPS) is 11.2. The van der Waals surface area contributed by atoms with Gasteiger partial charge in [-0.3, -0.25) is 18.7 Å². The number of carboxylic acids is 1. The highest BCUT2D eigenvalue weighted by molar-refractivity contribution is 7.99. The summed E-state index contributed by atoms with van der Waals surface area (Å²) in [6.45, 7) is 5.91. The summed E-state index contributed by atoms with van der Waals surface area (Å²) >= 11 is 7.85. The lowest BCUT2D eigenvalue weighted by atomic mass is 10.1. The molecule has 0 aliphatic carbocycles. The number of nitrogens with zero attached hydrogens (tertiary/aromatic N) is 3. The zero-order chi connectivity index (χ0) is 22.3. The summed E-state index contributed by atoms with van der Waals surface area (Å²) in [5.74, 6) is -1.19. The van der Waals surface area contributed by atoms with Crippen molar-refractivity contribution in [3.63, 3.8) is 0 Å². The molecule has 0 radical (unpaired) electrons. The third-order valence-electron chi connectivity index (χ3n) is 4.85. The number of aliphatic carboxylic acids is 1. The molecule has 0 atom stereocenters. The molecule has 1 N–H and O–H groups in total. The van der Waals surface area contributed by atoms with Crippen molar-refractivity contribution >= 4 is 51.6 Å². The molecule has 0 saturated heterocycles. The lowest BCUT2D eigenvalue weighted by Gasteiger charge is -2.14. The molecule has 2 heterocycles. The molecular weight excluding hydrogens is 450 g/mol.